The molecule has 0 radical (unpaired) electrons. The summed E-state index contributed by atoms with van der Waals surface area (Å²) >= 11 is 0. The average molecular weight is 663 g/mol. The van der Waals surface area contributed by atoms with Crippen LogP contribution in [0.15, 0.2) is 151 Å². The van der Waals surface area contributed by atoms with Gasteiger partial charge in [-0.1, -0.05) is 110 Å². The molecule has 7 aromatic rings. The summed E-state index contributed by atoms with van der Waals surface area (Å²) in [7, 11) is -1.47. The van der Waals surface area contributed by atoms with E-state index in [-0.39, 0.29) is 17.1 Å². The highest BCUT2D eigenvalue weighted by Gasteiger charge is 2.34. The minimum absolute atomic E-state index is 0.209. The highest BCUT2D eigenvalue weighted by Crippen LogP contribution is 2.56. The maximum Gasteiger partial charge on any atom is 0.197 e. The van der Waals surface area contributed by atoms with Crippen molar-refractivity contribution < 1.29 is 9.59 Å². The molecule has 7 aromatic carbocycles. The second-order valence-corrected chi connectivity index (χ2v) is 19.2. The lowest BCUT2D eigenvalue weighted by atomic mass is 9.97. The lowest BCUT2D eigenvalue weighted by Gasteiger charge is -2.41. The summed E-state index contributed by atoms with van der Waals surface area (Å²) in [4.78, 5) is 31.9. The number of hydrogen-bond donors (Lipinski definition) is 0. The van der Waals surface area contributed by atoms with Crippen LogP contribution in [0.3, 0.4) is 0 Å². The number of carbonyl (C=O) groups is 2. The normalized spacial score (nSPS) is 13.9. The second-order valence-electron chi connectivity index (χ2n) is 14.2. The fraction of sp³-hybridized carbons (Fsp3) is 0.0667. The van der Waals surface area contributed by atoms with Crippen LogP contribution in [0.5, 0.6) is 0 Å². The Hall–Kier alpha value is -6.04. The molecule has 0 fully saturated rings. The highest BCUT2D eigenvalue weighted by atomic mass is 28.3. The minimum Gasteiger partial charge on any atom is -0.306 e. The molecule has 1 heterocycles. The third-order valence-corrected chi connectivity index (χ3v) is 12.1. The summed E-state index contributed by atoms with van der Waals surface area (Å²) < 4.78 is 0. The lowest BCUT2D eigenvalue weighted by Crippen LogP contribution is -2.37. The van der Waals surface area contributed by atoms with E-state index in [2.05, 4.69) is 127 Å². The number of hydrogen-bond acceptors (Lipinski definition) is 4. The van der Waals surface area contributed by atoms with Crippen molar-refractivity contribution in [2.45, 2.75) is 19.6 Å². The number of para-hydroxylation sites is 3. The number of carbonyl (C=O) groups excluding carboxylic acids is 2. The van der Waals surface area contributed by atoms with E-state index in [0.717, 1.165) is 61.2 Å². The Kier molecular flexibility index (Phi) is 6.77. The van der Waals surface area contributed by atoms with Crippen LogP contribution in [-0.2, 0) is 0 Å². The summed E-state index contributed by atoms with van der Waals surface area (Å²) in [5.41, 5.74) is 8.51. The van der Waals surface area contributed by atoms with Gasteiger partial charge in [0.05, 0.1) is 36.4 Å². The van der Waals surface area contributed by atoms with Gasteiger partial charge in [0.25, 0.3) is 0 Å². The largest absolute Gasteiger partial charge is 0.306 e. The van der Waals surface area contributed by atoms with E-state index in [1.165, 1.54) is 5.19 Å². The van der Waals surface area contributed by atoms with Gasteiger partial charge in [0.1, 0.15) is 0 Å². The Bertz CT molecular complexity index is 2510. The van der Waals surface area contributed by atoms with E-state index in [1.54, 1.807) is 6.08 Å². The Morgan fingerprint density at radius 2 is 1.08 bits per heavy atom. The van der Waals surface area contributed by atoms with Crippen molar-refractivity contribution in [1.29, 1.82) is 0 Å². The van der Waals surface area contributed by atoms with Gasteiger partial charge in [-0.3, -0.25) is 9.59 Å². The number of anilines is 6. The Morgan fingerprint density at radius 1 is 0.500 bits per heavy atom. The Labute approximate surface area is 292 Å². The molecule has 0 N–H and O–H groups in total. The molecule has 2 aliphatic rings. The van der Waals surface area contributed by atoms with Gasteiger partial charge >= 0.3 is 0 Å². The zero-order valence-electron chi connectivity index (χ0n) is 28.1. The van der Waals surface area contributed by atoms with Crippen LogP contribution in [0.25, 0.3) is 27.6 Å². The molecule has 0 saturated carbocycles. The summed E-state index contributed by atoms with van der Waals surface area (Å²) in [5, 5.41) is 5.43. The first kappa shape index (κ1) is 30.0. The Balaban J connectivity index is 1.20. The molecule has 0 bridgehead atoms. The van der Waals surface area contributed by atoms with E-state index in [9.17, 15) is 9.59 Å². The summed E-state index contributed by atoms with van der Waals surface area (Å²) in [6.07, 6.45) is 1.75. The highest BCUT2D eigenvalue weighted by molar-refractivity contribution is 6.88. The van der Waals surface area contributed by atoms with Crippen LogP contribution in [0.1, 0.15) is 26.3 Å². The molecule has 5 heteroatoms. The second kappa shape index (κ2) is 11.3. The van der Waals surface area contributed by atoms with Crippen LogP contribution in [-0.4, -0.2) is 19.6 Å². The molecular weight excluding hydrogens is 629 g/mol. The van der Waals surface area contributed by atoms with Gasteiger partial charge in [-0.15, -0.1) is 0 Å². The zero-order valence-corrected chi connectivity index (χ0v) is 29.1. The summed E-state index contributed by atoms with van der Waals surface area (Å²) in [6.45, 7) is 7.13. The fourth-order valence-corrected chi connectivity index (χ4v) is 8.63. The van der Waals surface area contributed by atoms with E-state index in [1.807, 2.05) is 48.5 Å². The van der Waals surface area contributed by atoms with Crippen molar-refractivity contribution in [3.8, 4) is 0 Å². The average Bonchev–Trinajstić information content (AvgIpc) is 3.36. The molecule has 240 valence electrons. The third-order valence-electron chi connectivity index (χ3n) is 10.0. The van der Waals surface area contributed by atoms with Crippen LogP contribution >= 0.6 is 0 Å². The van der Waals surface area contributed by atoms with Gasteiger partial charge in [-0.05, 0) is 88.5 Å². The smallest absolute Gasteiger partial charge is 0.197 e. The molecule has 0 unspecified atom stereocenters. The van der Waals surface area contributed by atoms with Crippen molar-refractivity contribution in [3.05, 3.63) is 168 Å². The minimum atomic E-state index is -1.47. The first-order chi connectivity index (χ1) is 24.3. The van der Waals surface area contributed by atoms with Gasteiger partial charge in [0, 0.05) is 27.9 Å². The molecule has 0 aromatic heterocycles. The van der Waals surface area contributed by atoms with Gasteiger partial charge < -0.3 is 9.80 Å². The lowest BCUT2D eigenvalue weighted by molar-refractivity contribution is 0.0990. The standard InChI is InChI=1S/C45H34N2O2Si/c1-50(2,3)35-21-19-34(20-22-35)46-40-15-9-10-16-41(40)47(33-13-5-4-6-14-33)43-36-23-17-29(25-32(36)18-24-42(43)46)26-39-44(48)37-27-30-11-7-8-12-31(30)28-38(37)45(39)49/h4-28H,1-3H3. The molecule has 1 aliphatic carbocycles. The van der Waals surface area contributed by atoms with Crippen LogP contribution in [0.2, 0.25) is 19.6 Å². The quantitative estimate of drug-likeness (QED) is 0.107. The van der Waals surface area contributed by atoms with E-state index >= 15 is 0 Å². The molecule has 1 aliphatic heterocycles. The summed E-state index contributed by atoms with van der Waals surface area (Å²) in [5.74, 6) is -0.437. The zero-order chi connectivity index (χ0) is 34.1. The monoisotopic (exact) mass is 662 g/mol. The van der Waals surface area contributed by atoms with E-state index in [0.29, 0.717) is 11.1 Å². The number of nitrogens with zero attached hydrogens (tertiary/aromatic N) is 2. The van der Waals surface area contributed by atoms with Crippen molar-refractivity contribution in [2.75, 3.05) is 9.80 Å². The maximum absolute atomic E-state index is 13.6. The van der Waals surface area contributed by atoms with Crippen LogP contribution in [0.4, 0.5) is 34.1 Å². The number of Topliss-reactive ketones (excluding diaryl/α,β-unsaturated/α-hetero) is 2. The number of rotatable bonds is 4. The van der Waals surface area contributed by atoms with Crippen molar-refractivity contribution >= 4 is 86.6 Å². The number of ketones is 2. The van der Waals surface area contributed by atoms with Crippen molar-refractivity contribution in [2.24, 2.45) is 0 Å². The SMILES string of the molecule is C[Si](C)(C)c1ccc(N2c3ccccc3N(c3ccccc3)c3c2ccc2cc(C=C4C(=O)c5cc6ccccc6cc5C4=O)ccc32)cc1. The maximum atomic E-state index is 13.6. The molecule has 0 saturated heterocycles. The van der Waals surface area contributed by atoms with Crippen LogP contribution < -0.4 is 15.0 Å². The molecule has 50 heavy (non-hydrogen) atoms. The number of fused-ring (bicyclic) bond motifs is 6. The molecule has 0 amide bonds. The molecule has 0 spiro atoms. The van der Waals surface area contributed by atoms with E-state index < -0.39 is 8.07 Å². The topological polar surface area (TPSA) is 40.6 Å². The fourth-order valence-electron chi connectivity index (χ4n) is 7.46. The van der Waals surface area contributed by atoms with Crippen LogP contribution in [0, 0.1) is 0 Å². The summed E-state index contributed by atoms with van der Waals surface area (Å²) in [6, 6.07) is 50.3. The van der Waals surface area contributed by atoms with Gasteiger partial charge in [-0.2, -0.15) is 0 Å². The number of allylic oxidation sites excluding steroid dienone is 1. The van der Waals surface area contributed by atoms with E-state index in [4.69, 9.17) is 0 Å². The molecular formula is C45H34N2O2Si. The first-order valence-corrected chi connectivity index (χ1v) is 20.5. The third kappa shape index (κ3) is 4.73. The van der Waals surface area contributed by atoms with Crippen molar-refractivity contribution in [1.82, 2.24) is 0 Å². The predicted octanol–water partition coefficient (Wildman–Crippen LogP) is 11.3. The van der Waals surface area contributed by atoms with Gasteiger partial charge in [0.2, 0.25) is 0 Å². The molecule has 0 atom stereocenters. The molecule has 4 nitrogen and oxygen atoms in total. The van der Waals surface area contributed by atoms with Crippen molar-refractivity contribution in [3.63, 3.8) is 0 Å². The van der Waals surface area contributed by atoms with Gasteiger partial charge in [-0.25, -0.2) is 0 Å². The predicted molar refractivity (Wildman–Crippen MR) is 210 cm³/mol. The molecule has 9 rings (SSSR count). The van der Waals surface area contributed by atoms with Gasteiger partial charge in [0.15, 0.2) is 11.6 Å². The number of benzene rings is 7. The first-order valence-electron chi connectivity index (χ1n) is 17.0. The Morgan fingerprint density at radius 3 is 1.72 bits per heavy atom.